The molecule has 0 aromatic rings. The molecule has 0 amide bonds. The summed E-state index contributed by atoms with van der Waals surface area (Å²) in [7, 11) is 0. The lowest BCUT2D eigenvalue weighted by molar-refractivity contribution is -0.149. The van der Waals surface area contributed by atoms with Crippen LogP contribution in [0.15, 0.2) is 23.3 Å². The van der Waals surface area contributed by atoms with Gasteiger partial charge in [-0.3, -0.25) is 14.4 Å². The normalized spacial score (nSPS) is 32.3. The van der Waals surface area contributed by atoms with Crippen molar-refractivity contribution in [2.75, 3.05) is 13.2 Å². The number of fused-ring (bicyclic) bond motifs is 1. The summed E-state index contributed by atoms with van der Waals surface area (Å²) < 4.78 is 10.5. The Morgan fingerprint density at radius 1 is 1.17 bits per heavy atom. The molecule has 4 atom stereocenters. The average Bonchev–Trinajstić information content (AvgIpc) is 2.61. The van der Waals surface area contributed by atoms with Crippen molar-refractivity contribution in [1.29, 1.82) is 0 Å². The van der Waals surface area contributed by atoms with Crippen molar-refractivity contribution in [3.8, 4) is 0 Å². The largest absolute Gasteiger partial charge is 0.466 e. The van der Waals surface area contributed by atoms with Crippen molar-refractivity contribution in [1.82, 2.24) is 0 Å². The van der Waals surface area contributed by atoms with Gasteiger partial charge in [-0.1, -0.05) is 25.0 Å². The number of ketones is 1. The summed E-state index contributed by atoms with van der Waals surface area (Å²) in [6.07, 6.45) is 8.08. The standard InChI is InChI=1S/C24H36O5/c1-16(9-12-28-18(3)25)7-10-24(6)20(15-29-19(4)26)8-11-23(5)17(2)13-21(27)14-22(23)24/h9,13,20,22H,7-8,10-12,14-15H2,1-6H3. The van der Waals surface area contributed by atoms with E-state index in [1.54, 1.807) is 0 Å². The van der Waals surface area contributed by atoms with Crippen molar-refractivity contribution in [3.63, 3.8) is 0 Å². The van der Waals surface area contributed by atoms with Crippen molar-refractivity contribution >= 4 is 17.7 Å². The van der Waals surface area contributed by atoms with E-state index < -0.39 is 0 Å². The number of hydrogen-bond acceptors (Lipinski definition) is 5. The second-order valence-corrected chi connectivity index (χ2v) is 9.36. The Kier molecular flexibility index (Phi) is 7.47. The number of ether oxygens (including phenoxy) is 2. The number of carbonyl (C=O) groups excluding carboxylic acids is 3. The van der Waals surface area contributed by atoms with Crippen LogP contribution >= 0.6 is 0 Å². The highest BCUT2D eigenvalue weighted by atomic mass is 16.5. The van der Waals surface area contributed by atoms with Crippen molar-refractivity contribution in [2.45, 2.75) is 73.6 Å². The molecule has 1 saturated carbocycles. The van der Waals surface area contributed by atoms with Crippen LogP contribution < -0.4 is 0 Å². The van der Waals surface area contributed by atoms with Crippen molar-refractivity contribution in [2.24, 2.45) is 22.7 Å². The minimum Gasteiger partial charge on any atom is -0.466 e. The first-order valence-corrected chi connectivity index (χ1v) is 10.6. The summed E-state index contributed by atoms with van der Waals surface area (Å²) >= 11 is 0. The highest BCUT2D eigenvalue weighted by Gasteiger charge is 2.55. The van der Waals surface area contributed by atoms with Crippen LogP contribution in [0.5, 0.6) is 0 Å². The molecule has 4 unspecified atom stereocenters. The third-order valence-electron chi connectivity index (χ3n) is 7.46. The Hall–Kier alpha value is -1.91. The van der Waals surface area contributed by atoms with Gasteiger partial charge in [0, 0.05) is 20.3 Å². The smallest absolute Gasteiger partial charge is 0.302 e. The number of hydrogen-bond donors (Lipinski definition) is 0. The van der Waals surface area contributed by atoms with Crippen molar-refractivity contribution < 1.29 is 23.9 Å². The molecule has 2 rings (SSSR count). The number of allylic oxidation sites excluding steroid dienone is 3. The summed E-state index contributed by atoms with van der Waals surface area (Å²) in [5.74, 6) is 0.112. The molecule has 0 bridgehead atoms. The van der Waals surface area contributed by atoms with Crippen LogP contribution in [0.1, 0.15) is 73.6 Å². The van der Waals surface area contributed by atoms with E-state index in [1.165, 1.54) is 25.0 Å². The molecular formula is C24H36O5. The first-order valence-electron chi connectivity index (χ1n) is 10.6. The van der Waals surface area contributed by atoms with Gasteiger partial charge in [-0.2, -0.15) is 0 Å². The van der Waals surface area contributed by atoms with E-state index in [0.29, 0.717) is 13.0 Å². The lowest BCUT2D eigenvalue weighted by Gasteiger charge is -2.58. The SMILES string of the molecule is CC(=O)OCC=C(C)CCC1(C)C(COC(C)=O)CCC2(C)C(C)=CC(=O)CC21. The summed E-state index contributed by atoms with van der Waals surface area (Å²) in [5.41, 5.74) is 2.23. The molecule has 2 aliphatic rings. The lowest BCUT2D eigenvalue weighted by atomic mass is 9.46. The molecule has 5 heteroatoms. The predicted molar refractivity (Wildman–Crippen MR) is 112 cm³/mol. The lowest BCUT2D eigenvalue weighted by Crippen LogP contribution is -2.52. The second kappa shape index (κ2) is 9.27. The number of rotatable bonds is 7. The van der Waals surface area contributed by atoms with Crippen LogP contribution in [-0.2, 0) is 23.9 Å². The molecule has 0 saturated heterocycles. The topological polar surface area (TPSA) is 69.7 Å². The van der Waals surface area contributed by atoms with Gasteiger partial charge in [0.2, 0.25) is 0 Å². The Morgan fingerprint density at radius 3 is 2.45 bits per heavy atom. The summed E-state index contributed by atoms with van der Waals surface area (Å²) in [4.78, 5) is 34.9. The molecule has 2 aliphatic carbocycles. The molecule has 1 fully saturated rings. The van der Waals surface area contributed by atoms with Gasteiger partial charge < -0.3 is 9.47 Å². The van der Waals surface area contributed by atoms with E-state index in [2.05, 4.69) is 20.8 Å². The van der Waals surface area contributed by atoms with Gasteiger partial charge in [0.25, 0.3) is 0 Å². The molecule has 0 radical (unpaired) electrons. The zero-order valence-electron chi connectivity index (χ0n) is 18.8. The summed E-state index contributed by atoms with van der Waals surface area (Å²) in [5, 5.41) is 0. The molecule has 5 nitrogen and oxygen atoms in total. The van der Waals surface area contributed by atoms with Gasteiger partial charge in [-0.15, -0.1) is 0 Å². The summed E-state index contributed by atoms with van der Waals surface area (Å²) in [6, 6.07) is 0. The van der Waals surface area contributed by atoms with E-state index in [4.69, 9.17) is 9.47 Å². The van der Waals surface area contributed by atoms with E-state index in [9.17, 15) is 14.4 Å². The molecule has 0 heterocycles. The Labute approximate surface area is 174 Å². The van der Waals surface area contributed by atoms with Gasteiger partial charge >= 0.3 is 11.9 Å². The molecule has 29 heavy (non-hydrogen) atoms. The molecular weight excluding hydrogens is 368 g/mol. The van der Waals surface area contributed by atoms with E-state index in [0.717, 1.165) is 25.7 Å². The first kappa shape index (κ1) is 23.4. The minimum atomic E-state index is -0.284. The van der Waals surface area contributed by atoms with Crippen LogP contribution in [0.4, 0.5) is 0 Å². The van der Waals surface area contributed by atoms with Gasteiger partial charge in [0.15, 0.2) is 5.78 Å². The van der Waals surface area contributed by atoms with Gasteiger partial charge in [-0.25, -0.2) is 0 Å². The average molecular weight is 405 g/mol. The van der Waals surface area contributed by atoms with Crippen LogP contribution in [-0.4, -0.2) is 30.9 Å². The molecule has 0 aromatic carbocycles. The van der Waals surface area contributed by atoms with E-state index in [-0.39, 0.29) is 47.0 Å². The minimum absolute atomic E-state index is 0.00471. The second-order valence-electron chi connectivity index (χ2n) is 9.36. The molecule has 0 N–H and O–H groups in total. The van der Waals surface area contributed by atoms with E-state index in [1.807, 2.05) is 19.1 Å². The Bertz CT molecular complexity index is 719. The van der Waals surface area contributed by atoms with Crippen LogP contribution in [0.2, 0.25) is 0 Å². The quantitative estimate of drug-likeness (QED) is 0.450. The highest BCUT2D eigenvalue weighted by molar-refractivity contribution is 5.92. The Balaban J connectivity index is 2.25. The third kappa shape index (κ3) is 5.37. The zero-order chi connectivity index (χ0) is 21.8. The maximum Gasteiger partial charge on any atom is 0.302 e. The molecule has 0 spiro atoms. The van der Waals surface area contributed by atoms with Crippen LogP contribution in [0.25, 0.3) is 0 Å². The van der Waals surface area contributed by atoms with Gasteiger partial charge in [-0.05, 0) is 74.3 Å². The molecule has 0 aliphatic heterocycles. The highest BCUT2D eigenvalue weighted by Crippen LogP contribution is 2.61. The number of esters is 2. The molecule has 0 aromatic heterocycles. The fourth-order valence-corrected chi connectivity index (χ4v) is 5.33. The Morgan fingerprint density at radius 2 is 1.83 bits per heavy atom. The maximum absolute atomic E-state index is 12.5. The molecule has 162 valence electrons. The fraction of sp³-hybridized carbons (Fsp3) is 0.708. The van der Waals surface area contributed by atoms with Gasteiger partial charge in [0.1, 0.15) is 6.61 Å². The third-order valence-corrected chi connectivity index (χ3v) is 7.46. The first-order chi connectivity index (χ1) is 13.5. The van der Waals surface area contributed by atoms with Crippen LogP contribution in [0, 0.1) is 22.7 Å². The monoisotopic (exact) mass is 404 g/mol. The zero-order valence-corrected chi connectivity index (χ0v) is 18.8. The van der Waals surface area contributed by atoms with Crippen molar-refractivity contribution in [3.05, 3.63) is 23.3 Å². The predicted octanol–water partition coefficient (Wildman–Crippen LogP) is 4.80. The summed E-state index contributed by atoms with van der Waals surface area (Å²) in [6.45, 7) is 12.2. The fourth-order valence-electron chi connectivity index (χ4n) is 5.33. The maximum atomic E-state index is 12.5. The number of carbonyl (C=O) groups is 3. The van der Waals surface area contributed by atoms with E-state index >= 15 is 0 Å². The van der Waals surface area contributed by atoms with Crippen LogP contribution in [0.3, 0.4) is 0 Å². The van der Waals surface area contributed by atoms with Gasteiger partial charge in [0.05, 0.1) is 6.61 Å².